The van der Waals surface area contributed by atoms with Crippen LogP contribution in [0, 0.1) is 0 Å². The second-order valence-corrected chi connectivity index (χ2v) is 7.73. The molecule has 0 aliphatic rings. The normalized spacial score (nSPS) is 10.8. The van der Waals surface area contributed by atoms with Gasteiger partial charge in [0.15, 0.2) is 0 Å². The second kappa shape index (κ2) is 23.2. The van der Waals surface area contributed by atoms with Crippen LogP contribution >= 0.6 is 0 Å². The molecule has 0 aliphatic heterocycles. The van der Waals surface area contributed by atoms with Crippen LogP contribution in [0.15, 0.2) is 0 Å². The molecule has 0 bridgehead atoms. The van der Waals surface area contributed by atoms with E-state index in [9.17, 15) is 9.59 Å². The molecule has 5 nitrogen and oxygen atoms in total. The van der Waals surface area contributed by atoms with Crippen molar-refractivity contribution in [2.24, 2.45) is 0 Å². The number of unbranched alkanes of at least 4 members (excludes halogenated alkanes) is 13. The summed E-state index contributed by atoms with van der Waals surface area (Å²) in [5.41, 5.74) is 0. The minimum Gasteiger partial charge on any atom is -0.481 e. The van der Waals surface area contributed by atoms with Gasteiger partial charge in [0, 0.05) is 42.6 Å². The Hall–Kier alpha value is -0.100. The molecule has 161 valence electrons. The van der Waals surface area contributed by atoms with Crippen molar-refractivity contribution in [3.63, 3.8) is 0 Å². The molecule has 0 aromatic heterocycles. The Kier molecular flexibility index (Phi) is 24.9. The van der Waals surface area contributed by atoms with Crippen molar-refractivity contribution in [3.05, 3.63) is 0 Å². The van der Waals surface area contributed by atoms with Gasteiger partial charge in [-0.15, -0.1) is 0 Å². The van der Waals surface area contributed by atoms with E-state index in [-0.39, 0.29) is 42.4 Å². The number of rotatable bonds is 21. The summed E-state index contributed by atoms with van der Waals surface area (Å²) < 4.78 is 0. The van der Waals surface area contributed by atoms with Gasteiger partial charge >= 0.3 is 11.9 Å². The van der Waals surface area contributed by atoms with Gasteiger partial charge in [-0.05, 0) is 13.0 Å². The van der Waals surface area contributed by atoms with E-state index < -0.39 is 11.9 Å². The Morgan fingerprint density at radius 3 is 1.21 bits per heavy atom. The predicted molar refractivity (Wildman–Crippen MR) is 117 cm³/mol. The molecule has 0 rings (SSSR count). The molecule has 0 fully saturated rings. The van der Waals surface area contributed by atoms with Crippen LogP contribution in [-0.4, -0.2) is 76.2 Å². The summed E-state index contributed by atoms with van der Waals surface area (Å²) in [6, 6.07) is 0. The van der Waals surface area contributed by atoms with Crippen molar-refractivity contribution in [1.29, 1.82) is 0 Å². The number of carboxylic acids is 2. The Balaban J connectivity index is 0. The fourth-order valence-electron chi connectivity index (χ4n) is 3.37. The minimum atomic E-state index is -0.823. The molecule has 0 saturated heterocycles. The smallest absolute Gasteiger partial charge is 0.304 e. The number of nitrogens with zero attached hydrogens (tertiary/aromatic N) is 1. The third-order valence-electron chi connectivity index (χ3n) is 5.11. The molecular weight excluding hydrogens is 365 g/mol. The van der Waals surface area contributed by atoms with E-state index in [2.05, 4.69) is 6.92 Å². The van der Waals surface area contributed by atoms with Crippen molar-refractivity contribution in [3.8, 4) is 0 Å². The number of carbonyl (C=O) groups is 2. The first-order valence-corrected chi connectivity index (χ1v) is 11.2. The molecule has 0 unspecified atom stereocenters. The van der Waals surface area contributed by atoms with E-state index in [1.165, 1.54) is 77.0 Å². The van der Waals surface area contributed by atoms with Gasteiger partial charge in [-0.25, -0.2) is 0 Å². The number of carboxylic acid groups (broad SMARTS) is 2. The summed E-state index contributed by atoms with van der Waals surface area (Å²) in [6.07, 6.45) is 18.6. The fourth-order valence-corrected chi connectivity index (χ4v) is 3.37. The molecule has 0 aliphatic carbocycles. The van der Waals surface area contributed by atoms with Gasteiger partial charge in [0.1, 0.15) is 0 Å². The zero-order valence-electron chi connectivity index (χ0n) is 18.6. The summed E-state index contributed by atoms with van der Waals surface area (Å²) in [6.45, 7) is 3.95. The van der Waals surface area contributed by atoms with Crippen LogP contribution in [0.4, 0.5) is 0 Å². The van der Waals surface area contributed by atoms with Crippen LogP contribution in [0.5, 0.6) is 0 Å². The van der Waals surface area contributed by atoms with E-state index >= 15 is 0 Å². The summed E-state index contributed by atoms with van der Waals surface area (Å²) in [5.74, 6) is -1.65. The third kappa shape index (κ3) is 23.9. The summed E-state index contributed by atoms with van der Waals surface area (Å²) in [4.78, 5) is 23.4. The maximum Gasteiger partial charge on any atom is 0.304 e. The first-order chi connectivity index (χ1) is 13.1. The molecule has 0 amide bonds. The Morgan fingerprint density at radius 1 is 0.571 bits per heavy atom. The van der Waals surface area contributed by atoms with Gasteiger partial charge in [0.05, 0.1) is 12.8 Å². The van der Waals surface area contributed by atoms with E-state index in [1.807, 2.05) is 4.90 Å². The summed E-state index contributed by atoms with van der Waals surface area (Å²) in [5, 5.41) is 17.6. The van der Waals surface area contributed by atoms with Crippen LogP contribution in [-0.2, 0) is 9.59 Å². The van der Waals surface area contributed by atoms with E-state index in [0.29, 0.717) is 13.1 Å². The van der Waals surface area contributed by atoms with Crippen LogP contribution < -0.4 is 0 Å². The topological polar surface area (TPSA) is 77.8 Å². The zero-order chi connectivity index (χ0) is 20.2. The molecule has 0 aromatic rings. The number of hydrogen-bond acceptors (Lipinski definition) is 3. The molecule has 0 saturated carbocycles. The van der Waals surface area contributed by atoms with Gasteiger partial charge < -0.3 is 15.1 Å². The maximum atomic E-state index is 10.7. The molecule has 0 heterocycles. The standard InChI is InChI=1S/C22H43NO4.Na/c1-2-3-4-5-6-7-8-9-10-11-12-13-14-15-18-23(19-16-21(24)25)20-17-22(26)27;/h2-20H2,1H3,(H,24,25)(H,26,27);. The minimum absolute atomic E-state index is 0. The first-order valence-electron chi connectivity index (χ1n) is 11.2. The third-order valence-corrected chi connectivity index (χ3v) is 5.11. The summed E-state index contributed by atoms with van der Waals surface area (Å²) in [7, 11) is 0. The molecule has 0 spiro atoms. The maximum absolute atomic E-state index is 10.7. The van der Waals surface area contributed by atoms with Gasteiger partial charge in [-0.2, -0.15) is 0 Å². The van der Waals surface area contributed by atoms with Crippen LogP contribution in [0.25, 0.3) is 0 Å². The SMILES string of the molecule is CCCCCCCCCCCCCCCCN(CCC(=O)O)CCC(=O)O.[Na]. The van der Waals surface area contributed by atoms with Crippen molar-refractivity contribution >= 4 is 41.5 Å². The average Bonchev–Trinajstić information content (AvgIpc) is 2.63. The molecule has 6 heteroatoms. The number of aliphatic carboxylic acids is 2. The average molecular weight is 409 g/mol. The largest absolute Gasteiger partial charge is 0.481 e. The molecule has 0 aromatic carbocycles. The summed E-state index contributed by atoms with van der Waals surface area (Å²) >= 11 is 0. The van der Waals surface area contributed by atoms with Crippen molar-refractivity contribution in [1.82, 2.24) is 4.90 Å². The zero-order valence-corrected chi connectivity index (χ0v) is 20.6. The quantitative estimate of drug-likeness (QED) is 0.198. The first kappa shape index (κ1) is 30.1. The Labute approximate surface area is 194 Å². The predicted octanol–water partition coefficient (Wildman–Crippen LogP) is 5.34. The van der Waals surface area contributed by atoms with E-state index in [4.69, 9.17) is 10.2 Å². The van der Waals surface area contributed by atoms with Gasteiger partial charge in [-0.3, -0.25) is 9.59 Å². The van der Waals surface area contributed by atoms with Gasteiger partial charge in [0.2, 0.25) is 0 Å². The molecule has 2 N–H and O–H groups in total. The Morgan fingerprint density at radius 2 is 0.893 bits per heavy atom. The van der Waals surface area contributed by atoms with Crippen LogP contribution in [0.1, 0.15) is 110 Å². The molecule has 0 atom stereocenters. The van der Waals surface area contributed by atoms with Crippen molar-refractivity contribution < 1.29 is 19.8 Å². The molecule has 1 radical (unpaired) electrons. The van der Waals surface area contributed by atoms with Crippen LogP contribution in [0.2, 0.25) is 0 Å². The number of hydrogen-bond donors (Lipinski definition) is 2. The monoisotopic (exact) mass is 408 g/mol. The fraction of sp³-hybridized carbons (Fsp3) is 0.909. The van der Waals surface area contributed by atoms with Gasteiger partial charge in [-0.1, -0.05) is 90.4 Å². The second-order valence-electron chi connectivity index (χ2n) is 7.73. The van der Waals surface area contributed by atoms with E-state index in [0.717, 1.165) is 19.4 Å². The molecular formula is C22H43NNaO4. The van der Waals surface area contributed by atoms with Gasteiger partial charge in [0.25, 0.3) is 0 Å². The van der Waals surface area contributed by atoms with E-state index in [1.54, 1.807) is 0 Å². The molecule has 28 heavy (non-hydrogen) atoms. The van der Waals surface area contributed by atoms with Crippen LogP contribution in [0.3, 0.4) is 0 Å². The van der Waals surface area contributed by atoms with Crippen molar-refractivity contribution in [2.45, 2.75) is 110 Å². The van der Waals surface area contributed by atoms with Crippen molar-refractivity contribution in [2.75, 3.05) is 19.6 Å². The Bertz CT molecular complexity index is 348.